The molecule has 0 aliphatic rings. The van der Waals surface area contributed by atoms with Gasteiger partial charge in [-0.3, -0.25) is 0 Å². The average molecular weight is 309 g/mol. The van der Waals surface area contributed by atoms with E-state index in [0.717, 1.165) is 11.3 Å². The molecular weight excluding hydrogens is 299 g/mol. The largest absolute Gasteiger partial charge is 0.482 e. The molecule has 1 N–H and O–H groups in total. The van der Waals surface area contributed by atoms with Gasteiger partial charge in [0.2, 0.25) is 0 Å². The fourth-order valence-electron chi connectivity index (χ4n) is 1.24. The number of ether oxygens (including phenoxy) is 1. The van der Waals surface area contributed by atoms with Crippen molar-refractivity contribution in [3.63, 3.8) is 0 Å². The Balaban J connectivity index is 0.00000162. The van der Waals surface area contributed by atoms with Crippen LogP contribution in [0.1, 0.15) is 9.67 Å². The van der Waals surface area contributed by atoms with Crippen molar-refractivity contribution >= 4 is 41.3 Å². The van der Waals surface area contributed by atoms with Gasteiger partial charge in [-0.2, -0.15) is 0 Å². The Morgan fingerprint density at radius 1 is 1.61 bits per heavy atom. The van der Waals surface area contributed by atoms with Crippen LogP contribution >= 0.6 is 35.3 Å². The van der Waals surface area contributed by atoms with Crippen LogP contribution in [0.15, 0.2) is 24.8 Å². The van der Waals surface area contributed by atoms with Gasteiger partial charge in [-0.1, -0.05) is 22.9 Å². The van der Waals surface area contributed by atoms with Crippen LogP contribution in [0, 0.1) is 0 Å². The molecule has 8 heteroatoms. The van der Waals surface area contributed by atoms with Crippen LogP contribution < -0.4 is 4.74 Å². The number of carboxylic acid groups (broad SMARTS) is 1. The Bertz CT molecular complexity index is 513. The van der Waals surface area contributed by atoms with Crippen molar-refractivity contribution in [2.45, 2.75) is 6.54 Å². The highest BCUT2D eigenvalue weighted by atomic mass is 35.5. The summed E-state index contributed by atoms with van der Waals surface area (Å²) in [5.74, 6) is -1.04. The summed E-state index contributed by atoms with van der Waals surface area (Å²) >= 11 is 6.78. The summed E-state index contributed by atoms with van der Waals surface area (Å²) in [7, 11) is 0. The van der Waals surface area contributed by atoms with Crippen LogP contribution in [0.5, 0.6) is 5.06 Å². The molecule has 18 heavy (non-hydrogen) atoms. The van der Waals surface area contributed by atoms with Crippen LogP contribution in [0.2, 0.25) is 5.02 Å². The lowest BCUT2D eigenvalue weighted by Gasteiger charge is -2.03. The monoisotopic (exact) mass is 308 g/mol. The molecule has 2 aromatic heterocycles. The average Bonchev–Trinajstić information content (AvgIpc) is 2.88. The highest BCUT2D eigenvalue weighted by molar-refractivity contribution is 7.16. The summed E-state index contributed by atoms with van der Waals surface area (Å²) in [5.41, 5.74) is 0. The molecule has 0 aromatic carbocycles. The van der Waals surface area contributed by atoms with Gasteiger partial charge in [0.15, 0.2) is 5.06 Å². The molecule has 5 nitrogen and oxygen atoms in total. The predicted octanol–water partition coefficient (Wildman–Crippen LogP) is 2.80. The van der Waals surface area contributed by atoms with E-state index in [4.69, 9.17) is 21.4 Å². The van der Waals surface area contributed by atoms with Crippen molar-refractivity contribution in [1.82, 2.24) is 9.55 Å². The lowest BCUT2D eigenvalue weighted by molar-refractivity contribution is 0.0702. The molecule has 0 unspecified atom stereocenters. The summed E-state index contributed by atoms with van der Waals surface area (Å²) in [4.78, 5) is 14.8. The molecule has 0 saturated heterocycles. The second kappa shape index (κ2) is 6.63. The minimum Gasteiger partial charge on any atom is -0.482 e. The van der Waals surface area contributed by atoms with Crippen molar-refractivity contribution in [2.75, 3.05) is 6.61 Å². The van der Waals surface area contributed by atoms with Gasteiger partial charge in [0.05, 0.1) is 17.9 Å². The third kappa shape index (κ3) is 3.63. The maximum Gasteiger partial charge on any atom is 0.347 e. The van der Waals surface area contributed by atoms with Crippen LogP contribution in [-0.4, -0.2) is 27.2 Å². The number of carbonyl (C=O) groups is 1. The fourth-order valence-corrected chi connectivity index (χ4v) is 2.36. The van der Waals surface area contributed by atoms with E-state index in [1.54, 1.807) is 12.5 Å². The number of aromatic carboxylic acids is 1. The zero-order chi connectivity index (χ0) is 12.3. The third-order valence-corrected chi connectivity index (χ3v) is 3.46. The van der Waals surface area contributed by atoms with E-state index in [1.807, 2.05) is 10.8 Å². The number of thiophene rings is 1. The molecule has 0 atom stereocenters. The maximum atomic E-state index is 10.8. The van der Waals surface area contributed by atoms with Gasteiger partial charge in [0.1, 0.15) is 11.5 Å². The first-order valence-electron chi connectivity index (χ1n) is 4.78. The highest BCUT2D eigenvalue weighted by Crippen LogP contribution is 2.32. The molecule has 0 amide bonds. The highest BCUT2D eigenvalue weighted by Gasteiger charge is 2.14. The fraction of sp³-hybridized carbons (Fsp3) is 0.200. The molecule has 2 rings (SSSR count). The molecule has 2 heterocycles. The third-order valence-electron chi connectivity index (χ3n) is 2.01. The van der Waals surface area contributed by atoms with Gasteiger partial charge in [-0.25, -0.2) is 9.78 Å². The number of hydrogen-bond acceptors (Lipinski definition) is 4. The van der Waals surface area contributed by atoms with Crippen molar-refractivity contribution in [3.8, 4) is 5.06 Å². The molecule has 0 fully saturated rings. The number of rotatable bonds is 5. The smallest absolute Gasteiger partial charge is 0.347 e. The minimum atomic E-state index is -1.04. The summed E-state index contributed by atoms with van der Waals surface area (Å²) in [6, 6.07) is 1.52. The Morgan fingerprint density at radius 3 is 2.94 bits per heavy atom. The van der Waals surface area contributed by atoms with E-state index in [1.165, 1.54) is 6.07 Å². The zero-order valence-corrected chi connectivity index (χ0v) is 11.5. The topological polar surface area (TPSA) is 64.3 Å². The summed E-state index contributed by atoms with van der Waals surface area (Å²) in [5, 5.41) is 9.53. The molecule has 0 radical (unpaired) electrons. The number of carboxylic acids is 1. The van der Waals surface area contributed by atoms with E-state index in [0.29, 0.717) is 18.2 Å². The predicted molar refractivity (Wildman–Crippen MR) is 71.3 cm³/mol. The van der Waals surface area contributed by atoms with Crippen LogP contribution in [0.25, 0.3) is 0 Å². The van der Waals surface area contributed by atoms with Gasteiger partial charge < -0.3 is 14.4 Å². The first-order chi connectivity index (χ1) is 8.16. The van der Waals surface area contributed by atoms with Crippen molar-refractivity contribution in [1.29, 1.82) is 0 Å². The first-order valence-corrected chi connectivity index (χ1v) is 5.97. The molecule has 0 aliphatic heterocycles. The molecular formula is C10H10Cl2N2O3S. The van der Waals surface area contributed by atoms with Gasteiger partial charge in [0, 0.05) is 18.5 Å². The van der Waals surface area contributed by atoms with E-state index >= 15 is 0 Å². The molecule has 0 bridgehead atoms. The van der Waals surface area contributed by atoms with Gasteiger partial charge in [0.25, 0.3) is 0 Å². The Hall–Kier alpha value is -1.24. The van der Waals surface area contributed by atoms with E-state index in [2.05, 4.69) is 4.98 Å². The lowest BCUT2D eigenvalue weighted by atomic mass is 10.5. The van der Waals surface area contributed by atoms with E-state index < -0.39 is 5.97 Å². The summed E-state index contributed by atoms with van der Waals surface area (Å²) in [6.07, 6.45) is 5.20. The maximum absolute atomic E-state index is 10.8. The molecule has 0 saturated carbocycles. The second-order valence-corrected chi connectivity index (χ2v) is 4.62. The first kappa shape index (κ1) is 14.8. The normalized spacial score (nSPS) is 9.83. The molecule has 0 aliphatic carbocycles. The summed E-state index contributed by atoms with van der Waals surface area (Å²) < 4.78 is 7.28. The number of nitrogens with zero attached hydrogens (tertiary/aromatic N) is 2. The number of hydrogen-bond donors (Lipinski definition) is 1. The van der Waals surface area contributed by atoms with Gasteiger partial charge >= 0.3 is 5.97 Å². The zero-order valence-electron chi connectivity index (χ0n) is 9.08. The number of imidazole rings is 1. The molecule has 2 aromatic rings. The van der Waals surface area contributed by atoms with Crippen molar-refractivity contribution in [2.24, 2.45) is 0 Å². The van der Waals surface area contributed by atoms with Crippen molar-refractivity contribution in [3.05, 3.63) is 34.7 Å². The van der Waals surface area contributed by atoms with Crippen molar-refractivity contribution < 1.29 is 14.6 Å². The second-order valence-electron chi connectivity index (χ2n) is 3.20. The summed E-state index contributed by atoms with van der Waals surface area (Å²) in [6.45, 7) is 1.09. The van der Waals surface area contributed by atoms with Crippen LogP contribution in [-0.2, 0) is 6.54 Å². The Kier molecular flexibility index (Phi) is 5.46. The van der Waals surface area contributed by atoms with Crippen LogP contribution in [0.3, 0.4) is 0 Å². The van der Waals surface area contributed by atoms with Crippen LogP contribution in [0.4, 0.5) is 0 Å². The Labute approximate surface area is 118 Å². The quantitative estimate of drug-likeness (QED) is 0.922. The lowest BCUT2D eigenvalue weighted by Crippen LogP contribution is -2.05. The van der Waals surface area contributed by atoms with E-state index in [9.17, 15) is 4.79 Å². The van der Waals surface area contributed by atoms with Gasteiger partial charge in [-0.05, 0) is 0 Å². The number of aromatic nitrogens is 2. The minimum absolute atomic E-state index is 0. The standard InChI is InChI=1S/C10H9ClN2O3S.ClH/c11-7-5-8(17-9(7)10(14)15)16-4-3-13-2-1-12-6-13;/h1-2,5-6H,3-4H2,(H,14,15);1H. The number of halogens is 2. The van der Waals surface area contributed by atoms with E-state index in [-0.39, 0.29) is 22.3 Å². The Morgan fingerprint density at radius 2 is 2.39 bits per heavy atom. The molecule has 98 valence electrons. The SMILES string of the molecule is Cl.O=C(O)c1sc(OCCn2ccnc2)cc1Cl. The van der Waals surface area contributed by atoms with Gasteiger partial charge in [-0.15, -0.1) is 12.4 Å². The molecule has 0 spiro atoms.